The van der Waals surface area contributed by atoms with Crippen LogP contribution in [0.4, 0.5) is 0 Å². The predicted octanol–water partition coefficient (Wildman–Crippen LogP) is 1.41. The lowest BCUT2D eigenvalue weighted by Gasteiger charge is -2.16. The van der Waals surface area contributed by atoms with Crippen LogP contribution in [0.5, 0.6) is 0 Å². The summed E-state index contributed by atoms with van der Waals surface area (Å²) in [5.41, 5.74) is 1.05. The molecular weight excluding hydrogens is 256 g/mol. The van der Waals surface area contributed by atoms with E-state index in [0.717, 1.165) is 23.7 Å². The van der Waals surface area contributed by atoms with E-state index in [1.807, 2.05) is 19.2 Å². The zero-order valence-electron chi connectivity index (χ0n) is 10.6. The lowest BCUT2D eigenvalue weighted by molar-refractivity contribution is 0.502. The van der Waals surface area contributed by atoms with E-state index in [2.05, 4.69) is 10.3 Å². The number of aryl methyl sites for hydroxylation is 1. The van der Waals surface area contributed by atoms with Crippen LogP contribution in [0.15, 0.2) is 5.38 Å². The maximum Gasteiger partial charge on any atom is 0.147 e. The molecule has 0 aliphatic carbocycles. The molecule has 1 rings (SSSR count). The Labute approximate surface area is 107 Å². The summed E-state index contributed by atoms with van der Waals surface area (Å²) in [7, 11) is -2.88. The van der Waals surface area contributed by atoms with E-state index in [4.69, 9.17) is 0 Å². The Kier molecular flexibility index (Phi) is 5.55. The minimum atomic E-state index is -2.88. The molecule has 1 atom stereocenters. The van der Waals surface area contributed by atoms with Gasteiger partial charge in [-0.15, -0.1) is 11.3 Å². The molecule has 0 aromatic carbocycles. The highest BCUT2D eigenvalue weighted by molar-refractivity contribution is 7.90. The first-order chi connectivity index (χ1) is 7.90. The minimum Gasteiger partial charge on any atom is -0.314 e. The molecule has 1 unspecified atom stereocenters. The molecule has 0 amide bonds. The van der Waals surface area contributed by atoms with Crippen molar-refractivity contribution >= 4 is 21.2 Å². The molecule has 17 heavy (non-hydrogen) atoms. The number of hydrogen-bond donors (Lipinski definition) is 1. The average molecular weight is 276 g/mol. The highest BCUT2D eigenvalue weighted by Gasteiger charge is 2.13. The zero-order chi connectivity index (χ0) is 12.9. The first kappa shape index (κ1) is 14.6. The van der Waals surface area contributed by atoms with E-state index < -0.39 is 9.84 Å². The van der Waals surface area contributed by atoms with E-state index in [0.29, 0.717) is 6.42 Å². The normalized spacial score (nSPS) is 13.8. The van der Waals surface area contributed by atoms with Gasteiger partial charge in [-0.1, -0.05) is 6.92 Å². The van der Waals surface area contributed by atoms with Crippen molar-refractivity contribution in [2.24, 2.45) is 0 Å². The summed E-state index contributed by atoms with van der Waals surface area (Å²) in [5.74, 6) is 0.230. The van der Waals surface area contributed by atoms with E-state index >= 15 is 0 Å². The molecule has 0 saturated heterocycles. The molecule has 98 valence electrons. The van der Waals surface area contributed by atoms with Crippen LogP contribution in [0.2, 0.25) is 0 Å². The molecule has 1 aromatic heterocycles. The van der Waals surface area contributed by atoms with Crippen LogP contribution in [0.25, 0.3) is 0 Å². The molecule has 1 aromatic rings. The number of thiazole rings is 1. The molecule has 4 nitrogen and oxygen atoms in total. The second-order valence-corrected chi connectivity index (χ2v) is 7.56. The third-order valence-electron chi connectivity index (χ3n) is 2.45. The predicted molar refractivity (Wildman–Crippen MR) is 72.3 cm³/mol. The molecule has 0 aliphatic rings. The number of nitrogens with zero attached hydrogens (tertiary/aromatic N) is 1. The first-order valence-corrected chi connectivity index (χ1v) is 8.67. The van der Waals surface area contributed by atoms with E-state index in [1.54, 1.807) is 11.3 Å². The van der Waals surface area contributed by atoms with E-state index in [1.165, 1.54) is 6.26 Å². The van der Waals surface area contributed by atoms with Crippen molar-refractivity contribution in [3.05, 3.63) is 16.1 Å². The van der Waals surface area contributed by atoms with Crippen LogP contribution < -0.4 is 5.32 Å². The molecule has 0 radical (unpaired) electrons. The lowest BCUT2D eigenvalue weighted by Crippen LogP contribution is -2.33. The summed E-state index contributed by atoms with van der Waals surface area (Å²) in [6, 6.07) is 0.191. The van der Waals surface area contributed by atoms with Gasteiger partial charge in [0.2, 0.25) is 0 Å². The minimum absolute atomic E-state index is 0.191. The molecule has 0 fully saturated rings. The second kappa shape index (κ2) is 6.47. The van der Waals surface area contributed by atoms with Crippen LogP contribution in [0, 0.1) is 6.92 Å². The van der Waals surface area contributed by atoms with Gasteiger partial charge in [-0.05, 0) is 19.9 Å². The number of aromatic nitrogens is 1. The zero-order valence-corrected chi connectivity index (χ0v) is 12.2. The highest BCUT2D eigenvalue weighted by Crippen LogP contribution is 2.11. The third-order valence-corrected chi connectivity index (χ3v) is 4.25. The Morgan fingerprint density at radius 3 is 2.71 bits per heavy atom. The summed E-state index contributed by atoms with van der Waals surface area (Å²) in [6.45, 7) is 4.85. The molecule has 6 heteroatoms. The number of sulfone groups is 1. The summed E-state index contributed by atoms with van der Waals surface area (Å²) in [6.07, 6.45) is 2.72. The van der Waals surface area contributed by atoms with Gasteiger partial charge in [-0.2, -0.15) is 0 Å². The fraction of sp³-hybridized carbons (Fsp3) is 0.727. The van der Waals surface area contributed by atoms with Gasteiger partial charge in [0, 0.05) is 24.1 Å². The van der Waals surface area contributed by atoms with Crippen molar-refractivity contribution in [3.8, 4) is 0 Å². The Hall–Kier alpha value is -0.460. The SMILES string of the molecule is CCNC(CCS(C)(=O)=O)Cc1csc(C)n1. The average Bonchev–Trinajstić information content (AvgIpc) is 2.60. The Morgan fingerprint density at radius 1 is 1.53 bits per heavy atom. The van der Waals surface area contributed by atoms with Crippen molar-refractivity contribution in [3.63, 3.8) is 0 Å². The largest absolute Gasteiger partial charge is 0.314 e. The Bertz CT molecular complexity index is 440. The van der Waals surface area contributed by atoms with Gasteiger partial charge in [-0.25, -0.2) is 13.4 Å². The van der Waals surface area contributed by atoms with Crippen LogP contribution >= 0.6 is 11.3 Å². The molecule has 0 spiro atoms. The van der Waals surface area contributed by atoms with Crippen molar-refractivity contribution in [2.75, 3.05) is 18.6 Å². The van der Waals surface area contributed by atoms with Crippen LogP contribution in [-0.4, -0.2) is 38.0 Å². The van der Waals surface area contributed by atoms with Gasteiger partial charge in [0.1, 0.15) is 9.84 Å². The maximum absolute atomic E-state index is 11.2. The standard InChI is InChI=1S/C11H20N2O2S2/c1-4-12-10(5-6-17(3,14)15)7-11-8-16-9(2)13-11/h8,10,12H,4-7H2,1-3H3. The van der Waals surface area contributed by atoms with Crippen LogP contribution in [-0.2, 0) is 16.3 Å². The first-order valence-electron chi connectivity index (χ1n) is 5.73. The monoisotopic (exact) mass is 276 g/mol. The molecule has 1 heterocycles. The van der Waals surface area contributed by atoms with E-state index in [9.17, 15) is 8.42 Å². The molecule has 0 bridgehead atoms. The summed E-state index contributed by atoms with van der Waals surface area (Å²) in [4.78, 5) is 4.41. The summed E-state index contributed by atoms with van der Waals surface area (Å²) >= 11 is 1.63. The van der Waals surface area contributed by atoms with Crippen molar-refractivity contribution in [1.29, 1.82) is 0 Å². The van der Waals surface area contributed by atoms with Crippen LogP contribution in [0.3, 0.4) is 0 Å². The topological polar surface area (TPSA) is 59.1 Å². The van der Waals surface area contributed by atoms with E-state index in [-0.39, 0.29) is 11.8 Å². The molecule has 0 saturated carbocycles. The van der Waals surface area contributed by atoms with Gasteiger partial charge in [-0.3, -0.25) is 0 Å². The second-order valence-electron chi connectivity index (χ2n) is 4.24. The number of rotatable bonds is 7. The van der Waals surface area contributed by atoms with Crippen molar-refractivity contribution in [1.82, 2.24) is 10.3 Å². The summed E-state index contributed by atoms with van der Waals surface area (Å²) in [5, 5.41) is 6.41. The van der Waals surface area contributed by atoms with Crippen LogP contribution in [0.1, 0.15) is 24.0 Å². The lowest BCUT2D eigenvalue weighted by atomic mass is 10.1. The number of nitrogens with one attached hydrogen (secondary N) is 1. The van der Waals surface area contributed by atoms with Gasteiger partial charge < -0.3 is 5.32 Å². The van der Waals surface area contributed by atoms with Crippen molar-refractivity contribution < 1.29 is 8.42 Å². The van der Waals surface area contributed by atoms with Gasteiger partial charge in [0.15, 0.2) is 0 Å². The molecular formula is C11H20N2O2S2. The Morgan fingerprint density at radius 2 is 2.24 bits per heavy atom. The van der Waals surface area contributed by atoms with Gasteiger partial charge >= 0.3 is 0 Å². The molecule has 0 aliphatic heterocycles. The summed E-state index contributed by atoms with van der Waals surface area (Å²) < 4.78 is 22.3. The fourth-order valence-corrected chi connectivity index (χ4v) is 3.01. The smallest absolute Gasteiger partial charge is 0.147 e. The van der Waals surface area contributed by atoms with Crippen molar-refractivity contribution in [2.45, 2.75) is 32.7 Å². The van der Waals surface area contributed by atoms with Gasteiger partial charge in [0.05, 0.1) is 16.5 Å². The Balaban J connectivity index is 2.54. The quantitative estimate of drug-likeness (QED) is 0.818. The van der Waals surface area contributed by atoms with Gasteiger partial charge in [0.25, 0.3) is 0 Å². The fourth-order valence-electron chi connectivity index (χ4n) is 1.68. The third kappa shape index (κ3) is 6.14. The maximum atomic E-state index is 11.2. The molecule has 1 N–H and O–H groups in total. The number of hydrogen-bond acceptors (Lipinski definition) is 5. The highest BCUT2D eigenvalue weighted by atomic mass is 32.2. The number of likely N-dealkylation sites (N-methyl/N-ethyl adjacent to an activating group) is 1.